The molecule has 1 fully saturated rings. The van der Waals surface area contributed by atoms with Crippen LogP contribution in [0.3, 0.4) is 0 Å². The summed E-state index contributed by atoms with van der Waals surface area (Å²) >= 11 is 0. The van der Waals surface area contributed by atoms with Gasteiger partial charge in [0.1, 0.15) is 0 Å². The molecule has 1 aromatic heterocycles. The number of para-hydroxylation sites is 1. The second kappa shape index (κ2) is 6.49. The maximum atomic E-state index is 12.9. The molecule has 128 valence electrons. The van der Waals surface area contributed by atoms with Crippen LogP contribution in [-0.2, 0) is 10.0 Å². The summed E-state index contributed by atoms with van der Waals surface area (Å²) in [6.07, 6.45) is 0. The molecule has 1 aliphatic heterocycles. The molecule has 24 heavy (non-hydrogen) atoms. The molecule has 0 spiro atoms. The van der Waals surface area contributed by atoms with Crippen molar-refractivity contribution >= 4 is 26.8 Å². The number of piperazine rings is 1. The fourth-order valence-corrected chi connectivity index (χ4v) is 4.09. The summed E-state index contributed by atoms with van der Waals surface area (Å²) < 4.78 is 25.3. The third-order valence-corrected chi connectivity index (χ3v) is 6.24. The molecule has 0 radical (unpaired) electrons. The van der Waals surface area contributed by atoms with E-state index in [4.69, 9.17) is 0 Å². The lowest BCUT2D eigenvalue weighted by molar-refractivity contribution is 0.0700. The first-order valence-electron chi connectivity index (χ1n) is 8.06. The predicted octanol–water partition coefficient (Wildman–Crippen LogP) is 1.65. The fraction of sp³-hybridized carbons (Fsp3) is 0.412. The zero-order chi connectivity index (χ0) is 17.3. The molecule has 1 saturated heterocycles. The Bertz CT molecular complexity index is 872. The number of pyridine rings is 1. The fourth-order valence-electron chi connectivity index (χ4n) is 3.01. The minimum absolute atomic E-state index is 0.0646. The first-order chi connectivity index (χ1) is 11.4. The number of hydrogen-bond acceptors (Lipinski definition) is 4. The first-order valence-corrected chi connectivity index (χ1v) is 9.67. The Hall–Kier alpha value is -1.99. The highest BCUT2D eigenvalue weighted by Gasteiger charge is 2.28. The lowest BCUT2D eigenvalue weighted by Gasteiger charge is -2.34. The molecule has 1 aromatic carbocycles. The van der Waals surface area contributed by atoms with Gasteiger partial charge >= 0.3 is 0 Å². The summed E-state index contributed by atoms with van der Waals surface area (Å²) in [5.74, 6) is 0.0278. The van der Waals surface area contributed by atoms with Gasteiger partial charge in [-0.1, -0.05) is 18.2 Å². The van der Waals surface area contributed by atoms with Gasteiger partial charge in [0.2, 0.25) is 10.0 Å². The van der Waals surface area contributed by atoms with Crippen molar-refractivity contribution in [2.75, 3.05) is 31.9 Å². The predicted molar refractivity (Wildman–Crippen MR) is 93.4 cm³/mol. The number of hydrogen-bond donors (Lipinski definition) is 0. The largest absolute Gasteiger partial charge is 0.336 e. The van der Waals surface area contributed by atoms with Crippen LogP contribution in [0.2, 0.25) is 0 Å². The van der Waals surface area contributed by atoms with E-state index in [9.17, 15) is 13.2 Å². The molecule has 0 saturated carbocycles. The van der Waals surface area contributed by atoms with E-state index < -0.39 is 10.0 Å². The highest BCUT2D eigenvalue weighted by atomic mass is 32.2. The van der Waals surface area contributed by atoms with Gasteiger partial charge in [-0.05, 0) is 26.0 Å². The Morgan fingerprint density at radius 2 is 1.83 bits per heavy atom. The van der Waals surface area contributed by atoms with Gasteiger partial charge in [-0.2, -0.15) is 4.31 Å². The van der Waals surface area contributed by atoms with Crippen molar-refractivity contribution in [2.24, 2.45) is 0 Å². The van der Waals surface area contributed by atoms with E-state index in [1.54, 1.807) is 17.9 Å². The first kappa shape index (κ1) is 16.9. The summed E-state index contributed by atoms with van der Waals surface area (Å²) in [5, 5.41) is 0.830. The molecule has 2 aromatic rings. The molecule has 0 atom stereocenters. The van der Waals surface area contributed by atoms with E-state index in [0.29, 0.717) is 31.7 Å². The van der Waals surface area contributed by atoms with Crippen molar-refractivity contribution in [1.82, 2.24) is 14.2 Å². The Morgan fingerprint density at radius 3 is 2.50 bits per heavy atom. The Kier molecular flexibility index (Phi) is 4.56. The molecule has 0 N–H and O–H groups in total. The summed E-state index contributed by atoms with van der Waals surface area (Å²) in [5.41, 5.74) is 2.22. The van der Waals surface area contributed by atoms with Crippen LogP contribution in [0.25, 0.3) is 10.9 Å². The van der Waals surface area contributed by atoms with E-state index in [-0.39, 0.29) is 11.7 Å². The SMILES string of the molecule is CCS(=O)(=O)N1CCN(C(=O)c2cc(C)nc3ccccc23)CC1. The number of benzene rings is 1. The number of sulfonamides is 1. The molecule has 3 rings (SSSR count). The van der Waals surface area contributed by atoms with Crippen LogP contribution < -0.4 is 0 Å². The minimum atomic E-state index is -3.19. The average molecular weight is 347 g/mol. The summed E-state index contributed by atoms with van der Waals surface area (Å²) in [4.78, 5) is 19.1. The number of rotatable bonds is 3. The minimum Gasteiger partial charge on any atom is -0.336 e. The van der Waals surface area contributed by atoms with Gasteiger partial charge in [0.25, 0.3) is 5.91 Å². The van der Waals surface area contributed by atoms with E-state index in [0.717, 1.165) is 16.6 Å². The summed E-state index contributed by atoms with van der Waals surface area (Å²) in [6.45, 7) is 5.03. The van der Waals surface area contributed by atoms with Crippen LogP contribution in [0.15, 0.2) is 30.3 Å². The topological polar surface area (TPSA) is 70.6 Å². The maximum absolute atomic E-state index is 12.9. The van der Waals surface area contributed by atoms with Crippen LogP contribution in [0, 0.1) is 6.92 Å². The highest BCUT2D eigenvalue weighted by Crippen LogP contribution is 2.21. The smallest absolute Gasteiger partial charge is 0.254 e. The lowest BCUT2D eigenvalue weighted by Crippen LogP contribution is -2.50. The third-order valence-electron chi connectivity index (χ3n) is 4.36. The number of carbonyl (C=O) groups excluding carboxylic acids is 1. The molecule has 0 unspecified atom stereocenters. The molecule has 0 bridgehead atoms. The Balaban J connectivity index is 1.84. The Morgan fingerprint density at radius 1 is 1.17 bits per heavy atom. The van der Waals surface area contributed by atoms with E-state index in [2.05, 4.69) is 4.98 Å². The molecular weight excluding hydrogens is 326 g/mol. The van der Waals surface area contributed by atoms with Gasteiger partial charge in [-0.3, -0.25) is 9.78 Å². The highest BCUT2D eigenvalue weighted by molar-refractivity contribution is 7.89. The molecule has 6 nitrogen and oxygen atoms in total. The molecule has 7 heteroatoms. The van der Waals surface area contributed by atoms with Crippen LogP contribution in [0.5, 0.6) is 0 Å². The van der Waals surface area contributed by atoms with Crippen molar-refractivity contribution in [2.45, 2.75) is 13.8 Å². The van der Waals surface area contributed by atoms with Crippen LogP contribution in [0.1, 0.15) is 23.0 Å². The van der Waals surface area contributed by atoms with Crippen molar-refractivity contribution in [3.05, 3.63) is 41.6 Å². The molecule has 0 aliphatic carbocycles. The van der Waals surface area contributed by atoms with Gasteiger partial charge in [0.05, 0.1) is 16.8 Å². The van der Waals surface area contributed by atoms with Gasteiger partial charge in [-0.15, -0.1) is 0 Å². The van der Waals surface area contributed by atoms with Gasteiger partial charge in [0.15, 0.2) is 0 Å². The lowest BCUT2D eigenvalue weighted by atomic mass is 10.1. The molecule has 2 heterocycles. The molecule has 1 amide bonds. The zero-order valence-electron chi connectivity index (χ0n) is 13.9. The Labute approximate surface area is 142 Å². The van der Waals surface area contributed by atoms with Crippen LogP contribution in [0.4, 0.5) is 0 Å². The van der Waals surface area contributed by atoms with E-state index >= 15 is 0 Å². The maximum Gasteiger partial charge on any atom is 0.254 e. The second-order valence-electron chi connectivity index (χ2n) is 5.92. The van der Waals surface area contributed by atoms with Crippen LogP contribution >= 0.6 is 0 Å². The van der Waals surface area contributed by atoms with Gasteiger partial charge in [0, 0.05) is 37.3 Å². The summed E-state index contributed by atoms with van der Waals surface area (Å²) in [7, 11) is -3.19. The second-order valence-corrected chi connectivity index (χ2v) is 8.18. The van der Waals surface area contributed by atoms with E-state index in [1.165, 1.54) is 4.31 Å². The number of nitrogens with zero attached hydrogens (tertiary/aromatic N) is 3. The van der Waals surface area contributed by atoms with Crippen molar-refractivity contribution in [1.29, 1.82) is 0 Å². The molecular formula is C17H21N3O3S. The number of aryl methyl sites for hydroxylation is 1. The van der Waals surface area contributed by atoms with Gasteiger partial charge in [-0.25, -0.2) is 8.42 Å². The number of carbonyl (C=O) groups is 1. The normalized spacial score (nSPS) is 16.5. The number of fused-ring (bicyclic) bond motifs is 1. The quantitative estimate of drug-likeness (QED) is 0.846. The van der Waals surface area contributed by atoms with Crippen molar-refractivity contribution in [3.63, 3.8) is 0 Å². The average Bonchev–Trinajstić information content (AvgIpc) is 2.60. The molecule has 1 aliphatic rings. The number of amides is 1. The van der Waals surface area contributed by atoms with E-state index in [1.807, 2.05) is 31.2 Å². The van der Waals surface area contributed by atoms with Crippen molar-refractivity contribution in [3.8, 4) is 0 Å². The number of aromatic nitrogens is 1. The monoisotopic (exact) mass is 347 g/mol. The van der Waals surface area contributed by atoms with Crippen LogP contribution in [-0.4, -0.2) is 60.4 Å². The zero-order valence-corrected chi connectivity index (χ0v) is 14.7. The third kappa shape index (κ3) is 3.14. The van der Waals surface area contributed by atoms with Gasteiger partial charge < -0.3 is 4.90 Å². The van der Waals surface area contributed by atoms with Crippen molar-refractivity contribution < 1.29 is 13.2 Å². The standard InChI is InChI=1S/C17H21N3O3S/c1-3-24(22,23)20-10-8-19(9-11-20)17(21)15-12-13(2)18-16-7-5-4-6-14(15)16/h4-7,12H,3,8-11H2,1-2H3. The summed E-state index contributed by atoms with van der Waals surface area (Å²) in [6, 6.07) is 9.39.